The van der Waals surface area contributed by atoms with Crippen LogP contribution in [-0.2, 0) is 4.79 Å². The van der Waals surface area contributed by atoms with Crippen molar-refractivity contribution in [1.29, 1.82) is 5.26 Å². The number of methoxy groups -OCH3 is 1. The lowest BCUT2D eigenvalue weighted by atomic mass is 10.1. The van der Waals surface area contributed by atoms with Crippen LogP contribution in [0.4, 0.5) is 10.1 Å². The molecule has 2 N–H and O–H groups in total. The summed E-state index contributed by atoms with van der Waals surface area (Å²) in [5.41, 5.74) is -0.0319. The van der Waals surface area contributed by atoms with Crippen molar-refractivity contribution in [2.24, 2.45) is 5.92 Å². The van der Waals surface area contributed by atoms with Crippen LogP contribution >= 0.6 is 50.7 Å². The summed E-state index contributed by atoms with van der Waals surface area (Å²) < 4.78 is 18.1. The maximum Gasteiger partial charge on any atom is 0.254 e. The molecular weight excluding hydrogens is 560 g/mol. The van der Waals surface area contributed by atoms with E-state index in [2.05, 4.69) is 32.6 Å². The summed E-state index contributed by atoms with van der Waals surface area (Å²) in [5.74, 6) is -2.87. The normalized spacial score (nSPS) is 21.5. The number of rotatable bonds is 6. The van der Waals surface area contributed by atoms with Gasteiger partial charge in [-0.2, -0.15) is 5.26 Å². The molecule has 0 saturated heterocycles. The van der Waals surface area contributed by atoms with Gasteiger partial charge in [-0.3, -0.25) is 9.59 Å². The number of nitrogens with zero attached hydrogens (tertiary/aromatic N) is 1. The molecule has 2 aliphatic rings. The highest BCUT2D eigenvalue weighted by Crippen LogP contribution is 2.65. The third kappa shape index (κ3) is 4.52. The van der Waals surface area contributed by atoms with Gasteiger partial charge in [0.25, 0.3) is 5.91 Å². The maximum absolute atomic E-state index is 14.3. The van der Waals surface area contributed by atoms with Gasteiger partial charge in [0.15, 0.2) is 0 Å². The largest absolute Gasteiger partial charge is 0.495 e. The number of carbonyl (C=O) groups excluding carboxylic acids is 2. The Labute approximate surface area is 212 Å². The van der Waals surface area contributed by atoms with Gasteiger partial charge in [-0.25, -0.2) is 4.39 Å². The van der Waals surface area contributed by atoms with Crippen LogP contribution in [0.15, 0.2) is 34.8 Å². The Bertz CT molecular complexity index is 1210. The molecule has 0 aliphatic heterocycles. The Balaban J connectivity index is 1.52. The van der Waals surface area contributed by atoms with E-state index < -0.39 is 39.3 Å². The molecule has 4 rings (SSSR count). The number of carbonyl (C=O) groups is 2. The highest BCUT2D eigenvalue weighted by molar-refractivity contribution is 9.10. The number of benzene rings is 2. The summed E-state index contributed by atoms with van der Waals surface area (Å²) in [6.45, 7) is 0. The predicted molar refractivity (Wildman–Crippen MR) is 126 cm³/mol. The van der Waals surface area contributed by atoms with E-state index in [1.807, 2.05) is 0 Å². The number of hydrogen-bond acceptors (Lipinski definition) is 4. The Morgan fingerprint density at radius 3 is 2.58 bits per heavy atom. The lowest BCUT2D eigenvalue weighted by molar-refractivity contribution is -0.117. The standard InChI is InChI=1S/C22H16BrCl3FN3O3/c1-33-15-7-10(6-14(27)18(15)23)16-17(22(16,25)26)20(32)29-11-2-3-13(24)12(8-11)19(31)30-21(9-28)4-5-21/h2-3,6-8,16-17H,4-5H2,1H3,(H,29,32)(H,30,31)/t16-,17+/m1/s1. The van der Waals surface area contributed by atoms with Gasteiger partial charge in [0.1, 0.15) is 21.4 Å². The maximum atomic E-state index is 14.3. The molecule has 172 valence electrons. The number of amides is 2. The molecule has 0 spiro atoms. The van der Waals surface area contributed by atoms with Crippen LogP contribution < -0.4 is 15.4 Å². The van der Waals surface area contributed by atoms with Crippen LogP contribution in [0.3, 0.4) is 0 Å². The summed E-state index contributed by atoms with van der Waals surface area (Å²) in [6, 6.07) is 9.29. The van der Waals surface area contributed by atoms with E-state index >= 15 is 0 Å². The molecule has 2 fully saturated rings. The second-order valence-electron chi connectivity index (χ2n) is 7.98. The Hall–Kier alpha value is -2.05. The molecule has 33 heavy (non-hydrogen) atoms. The van der Waals surface area contributed by atoms with E-state index in [1.165, 1.54) is 31.4 Å². The highest BCUT2D eigenvalue weighted by Gasteiger charge is 2.67. The number of hydrogen-bond donors (Lipinski definition) is 2. The Morgan fingerprint density at radius 2 is 1.97 bits per heavy atom. The summed E-state index contributed by atoms with van der Waals surface area (Å²) in [5, 5.41) is 14.7. The number of alkyl halides is 2. The van der Waals surface area contributed by atoms with Crippen molar-refractivity contribution in [2.75, 3.05) is 12.4 Å². The van der Waals surface area contributed by atoms with Gasteiger partial charge in [0, 0.05) is 11.6 Å². The zero-order chi connectivity index (χ0) is 24.1. The fourth-order valence-corrected chi connectivity index (χ4v) is 5.07. The second kappa shape index (κ2) is 8.62. The summed E-state index contributed by atoms with van der Waals surface area (Å²) in [7, 11) is 1.39. The first-order chi connectivity index (χ1) is 15.5. The van der Waals surface area contributed by atoms with Crippen molar-refractivity contribution < 1.29 is 18.7 Å². The summed E-state index contributed by atoms with van der Waals surface area (Å²) in [6.07, 6.45) is 1.14. The molecule has 2 amide bonds. The molecule has 2 aromatic carbocycles. The SMILES string of the molecule is COc1cc([C@@H]2[C@@H](C(=O)Nc3ccc(Cl)c(C(=O)NC4(C#N)CC4)c3)C2(Cl)Cl)cc(F)c1Br. The monoisotopic (exact) mass is 573 g/mol. The van der Waals surface area contributed by atoms with E-state index in [0.29, 0.717) is 24.1 Å². The first-order valence-electron chi connectivity index (χ1n) is 9.78. The topological polar surface area (TPSA) is 91.2 Å². The average molecular weight is 576 g/mol. The first-order valence-corrected chi connectivity index (χ1v) is 11.7. The van der Waals surface area contributed by atoms with Gasteiger partial charge >= 0.3 is 0 Å². The van der Waals surface area contributed by atoms with E-state index in [9.17, 15) is 19.2 Å². The van der Waals surface area contributed by atoms with E-state index in [0.717, 1.165) is 0 Å². The minimum atomic E-state index is -1.45. The summed E-state index contributed by atoms with van der Waals surface area (Å²) in [4.78, 5) is 25.5. The van der Waals surface area contributed by atoms with Crippen LogP contribution in [0.25, 0.3) is 0 Å². The van der Waals surface area contributed by atoms with Gasteiger partial charge in [0.2, 0.25) is 5.91 Å². The molecule has 11 heteroatoms. The number of nitrogens with one attached hydrogen (secondary N) is 2. The first kappa shape index (κ1) is 24.1. The van der Waals surface area contributed by atoms with Gasteiger partial charge in [0.05, 0.1) is 34.2 Å². The fourth-order valence-electron chi connectivity index (χ4n) is 3.65. The van der Waals surface area contributed by atoms with Gasteiger partial charge in [-0.05, 0) is 64.7 Å². The van der Waals surface area contributed by atoms with Crippen molar-refractivity contribution in [3.05, 3.63) is 56.8 Å². The third-order valence-corrected chi connectivity index (χ3v) is 7.77. The number of halogens is 5. The molecule has 0 aromatic heterocycles. The molecule has 0 unspecified atom stereocenters. The molecule has 2 aromatic rings. The molecule has 0 heterocycles. The van der Waals surface area contributed by atoms with Gasteiger partial charge in [-0.15, -0.1) is 23.2 Å². The van der Waals surface area contributed by atoms with Crippen LogP contribution in [-0.4, -0.2) is 28.8 Å². The second-order valence-corrected chi connectivity index (χ2v) is 10.6. The minimum Gasteiger partial charge on any atom is -0.495 e. The number of anilines is 1. The lowest BCUT2D eigenvalue weighted by Gasteiger charge is -2.12. The quantitative estimate of drug-likeness (QED) is 0.441. The van der Waals surface area contributed by atoms with Gasteiger partial charge < -0.3 is 15.4 Å². The van der Waals surface area contributed by atoms with E-state index in [-0.39, 0.29) is 20.8 Å². The molecule has 0 radical (unpaired) electrons. The van der Waals surface area contributed by atoms with Gasteiger partial charge in [-0.1, -0.05) is 11.6 Å². The van der Waals surface area contributed by atoms with E-state index in [4.69, 9.17) is 39.5 Å². The highest BCUT2D eigenvalue weighted by atomic mass is 79.9. The Kier molecular flexibility index (Phi) is 6.29. The van der Waals surface area contributed by atoms with E-state index in [1.54, 1.807) is 6.07 Å². The minimum absolute atomic E-state index is 0.117. The molecule has 2 aliphatic carbocycles. The van der Waals surface area contributed by atoms with Crippen molar-refractivity contribution >= 4 is 68.2 Å². The zero-order valence-electron chi connectivity index (χ0n) is 17.0. The molecular formula is C22H16BrCl3FN3O3. The Morgan fingerprint density at radius 1 is 1.27 bits per heavy atom. The average Bonchev–Trinajstić information content (AvgIpc) is 3.66. The van der Waals surface area contributed by atoms with Crippen molar-refractivity contribution in [2.45, 2.75) is 28.6 Å². The molecule has 6 nitrogen and oxygen atoms in total. The van der Waals surface area contributed by atoms with Crippen LogP contribution in [0.2, 0.25) is 5.02 Å². The predicted octanol–water partition coefficient (Wildman–Crippen LogP) is 5.56. The molecule has 0 bridgehead atoms. The third-order valence-electron chi connectivity index (χ3n) is 5.73. The van der Waals surface area contributed by atoms with Crippen LogP contribution in [0.5, 0.6) is 5.75 Å². The summed E-state index contributed by atoms with van der Waals surface area (Å²) >= 11 is 22.0. The van der Waals surface area contributed by atoms with Crippen molar-refractivity contribution in [3.63, 3.8) is 0 Å². The smallest absolute Gasteiger partial charge is 0.254 e. The van der Waals surface area contributed by atoms with Crippen molar-refractivity contribution in [1.82, 2.24) is 5.32 Å². The molecule has 2 saturated carbocycles. The molecule has 2 atom stereocenters. The van der Waals surface area contributed by atoms with Crippen molar-refractivity contribution in [3.8, 4) is 11.8 Å². The zero-order valence-corrected chi connectivity index (χ0v) is 20.9. The fraction of sp³-hybridized carbons (Fsp3) is 0.318. The number of nitriles is 1. The lowest BCUT2D eigenvalue weighted by Crippen LogP contribution is -2.35. The number of ether oxygens (including phenoxy) is 1. The van der Waals surface area contributed by atoms with Crippen LogP contribution in [0.1, 0.15) is 34.7 Å². The van der Waals surface area contributed by atoms with Crippen LogP contribution in [0, 0.1) is 23.1 Å².